The molecule has 6 nitrogen and oxygen atoms in total. The van der Waals surface area contributed by atoms with Crippen molar-refractivity contribution in [2.75, 3.05) is 10.6 Å². The fraction of sp³-hybridized carbons (Fsp3) is 0.0769. The van der Waals surface area contributed by atoms with Gasteiger partial charge in [0.2, 0.25) is 0 Å². The number of aryl methyl sites for hydroxylation is 1. The van der Waals surface area contributed by atoms with Crippen molar-refractivity contribution < 1.29 is 4.92 Å². The molecule has 0 aliphatic rings. The fourth-order valence-electron chi connectivity index (χ4n) is 1.53. The zero-order valence-electron chi connectivity index (χ0n) is 11.0. The van der Waals surface area contributed by atoms with Crippen molar-refractivity contribution in [1.29, 1.82) is 0 Å². The summed E-state index contributed by atoms with van der Waals surface area (Å²) in [7, 11) is 0. The van der Waals surface area contributed by atoms with Gasteiger partial charge in [0.25, 0.3) is 5.69 Å². The number of nitrogens with one attached hydrogen (secondary N) is 2. The number of non-ortho nitro benzene ring substituents is 1. The van der Waals surface area contributed by atoms with E-state index in [4.69, 9.17) is 23.8 Å². The molecule has 0 saturated heterocycles. The summed E-state index contributed by atoms with van der Waals surface area (Å²) >= 11 is 11.1. The average molecular weight is 323 g/mol. The Labute approximate surface area is 131 Å². The highest BCUT2D eigenvalue weighted by Gasteiger charge is 2.11. The predicted molar refractivity (Wildman–Crippen MR) is 86.9 cm³/mol. The van der Waals surface area contributed by atoms with Crippen LogP contribution in [0.1, 0.15) is 5.56 Å². The van der Waals surface area contributed by atoms with Crippen LogP contribution in [-0.2, 0) is 0 Å². The molecule has 1 aromatic heterocycles. The van der Waals surface area contributed by atoms with Gasteiger partial charge in [-0.25, -0.2) is 4.98 Å². The van der Waals surface area contributed by atoms with Crippen LogP contribution in [0, 0.1) is 17.0 Å². The van der Waals surface area contributed by atoms with E-state index in [-0.39, 0.29) is 10.8 Å². The number of halogens is 1. The minimum absolute atomic E-state index is 0.0711. The molecule has 0 unspecified atom stereocenters. The highest BCUT2D eigenvalue weighted by molar-refractivity contribution is 7.80. The van der Waals surface area contributed by atoms with Crippen molar-refractivity contribution in [3.05, 3.63) is 57.2 Å². The molecular formula is C13H11ClN4O2S. The van der Waals surface area contributed by atoms with Crippen molar-refractivity contribution in [3.8, 4) is 0 Å². The number of rotatable bonds is 3. The van der Waals surface area contributed by atoms with Crippen LogP contribution in [0.3, 0.4) is 0 Å². The molecule has 2 aromatic rings. The number of nitrogens with zero attached hydrogens (tertiary/aromatic N) is 2. The maximum absolute atomic E-state index is 10.7. The Morgan fingerprint density at radius 1 is 1.33 bits per heavy atom. The quantitative estimate of drug-likeness (QED) is 0.509. The van der Waals surface area contributed by atoms with Gasteiger partial charge in [-0.15, -0.1) is 0 Å². The van der Waals surface area contributed by atoms with E-state index >= 15 is 0 Å². The topological polar surface area (TPSA) is 80.1 Å². The largest absolute Gasteiger partial charge is 0.331 e. The van der Waals surface area contributed by atoms with Crippen molar-refractivity contribution in [3.63, 3.8) is 0 Å². The second-order valence-electron chi connectivity index (χ2n) is 4.22. The number of pyridine rings is 1. The van der Waals surface area contributed by atoms with Gasteiger partial charge in [0.1, 0.15) is 5.82 Å². The highest BCUT2D eigenvalue weighted by Crippen LogP contribution is 2.26. The van der Waals surface area contributed by atoms with Crippen LogP contribution in [0.15, 0.2) is 36.5 Å². The zero-order valence-corrected chi connectivity index (χ0v) is 12.5. The maximum atomic E-state index is 10.7. The van der Waals surface area contributed by atoms with Crippen molar-refractivity contribution >= 4 is 46.1 Å². The summed E-state index contributed by atoms with van der Waals surface area (Å²) in [5.41, 5.74) is 1.31. The van der Waals surface area contributed by atoms with Crippen molar-refractivity contribution in [2.24, 2.45) is 0 Å². The van der Waals surface area contributed by atoms with E-state index in [2.05, 4.69) is 15.6 Å². The summed E-state index contributed by atoms with van der Waals surface area (Å²) in [5, 5.41) is 17.0. The fourth-order valence-corrected chi connectivity index (χ4v) is 1.91. The third kappa shape index (κ3) is 4.11. The van der Waals surface area contributed by atoms with Gasteiger partial charge in [0.05, 0.1) is 15.6 Å². The molecule has 8 heteroatoms. The molecule has 1 heterocycles. The molecule has 0 spiro atoms. The Bertz CT molecular complexity index is 691. The van der Waals surface area contributed by atoms with Gasteiger partial charge in [-0.3, -0.25) is 10.1 Å². The Balaban J connectivity index is 2.10. The Morgan fingerprint density at radius 2 is 2.10 bits per heavy atom. The number of hydrogen-bond donors (Lipinski definition) is 2. The molecule has 0 aliphatic carbocycles. The highest BCUT2D eigenvalue weighted by atomic mass is 35.5. The average Bonchev–Trinajstić information content (AvgIpc) is 2.43. The first-order chi connectivity index (χ1) is 9.95. The van der Waals surface area contributed by atoms with Gasteiger partial charge in [-0.1, -0.05) is 17.7 Å². The molecule has 0 atom stereocenters. The normalized spacial score (nSPS) is 10.0. The lowest BCUT2D eigenvalue weighted by molar-refractivity contribution is -0.384. The van der Waals surface area contributed by atoms with E-state index in [1.54, 1.807) is 12.3 Å². The zero-order chi connectivity index (χ0) is 15.4. The molecule has 0 radical (unpaired) electrons. The van der Waals surface area contributed by atoms with Gasteiger partial charge in [0, 0.05) is 18.3 Å². The summed E-state index contributed by atoms with van der Waals surface area (Å²) in [6.45, 7) is 1.93. The maximum Gasteiger partial charge on any atom is 0.271 e. The summed E-state index contributed by atoms with van der Waals surface area (Å²) in [6.07, 6.45) is 1.70. The molecule has 0 bridgehead atoms. The lowest BCUT2D eigenvalue weighted by Gasteiger charge is -2.11. The van der Waals surface area contributed by atoms with Gasteiger partial charge >= 0.3 is 0 Å². The molecular weight excluding hydrogens is 312 g/mol. The lowest BCUT2D eigenvalue weighted by Crippen LogP contribution is -2.20. The number of anilines is 2. The number of aromatic nitrogens is 1. The first-order valence-electron chi connectivity index (χ1n) is 5.90. The minimum atomic E-state index is -0.500. The first kappa shape index (κ1) is 15.1. The number of nitro groups is 1. The molecule has 1 aromatic carbocycles. The van der Waals surface area contributed by atoms with Gasteiger partial charge in [0.15, 0.2) is 5.11 Å². The van der Waals surface area contributed by atoms with Gasteiger partial charge < -0.3 is 10.6 Å². The van der Waals surface area contributed by atoms with E-state index in [9.17, 15) is 10.1 Å². The van der Waals surface area contributed by atoms with E-state index in [0.717, 1.165) is 5.56 Å². The second-order valence-corrected chi connectivity index (χ2v) is 5.04. The summed E-state index contributed by atoms with van der Waals surface area (Å²) < 4.78 is 0. The molecule has 0 aliphatic heterocycles. The Morgan fingerprint density at radius 3 is 2.71 bits per heavy atom. The number of hydrogen-bond acceptors (Lipinski definition) is 4. The van der Waals surface area contributed by atoms with E-state index < -0.39 is 4.92 Å². The van der Waals surface area contributed by atoms with Gasteiger partial charge in [-0.2, -0.15) is 0 Å². The monoisotopic (exact) mass is 322 g/mol. The molecule has 0 fully saturated rings. The van der Waals surface area contributed by atoms with Gasteiger partial charge in [-0.05, 0) is 36.8 Å². The number of benzene rings is 1. The van der Waals surface area contributed by atoms with Crippen LogP contribution in [-0.4, -0.2) is 15.0 Å². The second kappa shape index (κ2) is 6.47. The van der Waals surface area contributed by atoms with Crippen LogP contribution < -0.4 is 10.6 Å². The van der Waals surface area contributed by atoms with E-state index in [0.29, 0.717) is 16.5 Å². The van der Waals surface area contributed by atoms with Crippen molar-refractivity contribution in [1.82, 2.24) is 4.98 Å². The number of thiocarbonyl (C=S) groups is 1. The first-order valence-corrected chi connectivity index (χ1v) is 6.69. The third-order valence-corrected chi connectivity index (χ3v) is 3.10. The number of nitro benzene ring substituents is 1. The van der Waals surface area contributed by atoms with Crippen LogP contribution in [0.5, 0.6) is 0 Å². The van der Waals surface area contributed by atoms with E-state index in [1.165, 1.54) is 18.2 Å². The van der Waals surface area contributed by atoms with E-state index in [1.807, 2.05) is 13.0 Å². The summed E-state index contributed by atoms with van der Waals surface area (Å²) in [5.74, 6) is 0.569. The van der Waals surface area contributed by atoms with Crippen LogP contribution in [0.2, 0.25) is 5.02 Å². The predicted octanol–water partition coefficient (Wildman–Crippen LogP) is 3.76. The standard InChI is InChI=1S/C13H11ClN4O2S/c1-8-2-5-12(15-7-8)17-13(21)16-11-6-9(18(19)20)3-4-10(11)14/h2-7H,1H3,(H2,15,16,17,21). The Hall–Kier alpha value is -2.25. The summed E-state index contributed by atoms with van der Waals surface area (Å²) in [4.78, 5) is 14.4. The molecule has 2 N–H and O–H groups in total. The minimum Gasteiger partial charge on any atom is -0.331 e. The van der Waals surface area contributed by atoms with Crippen molar-refractivity contribution in [2.45, 2.75) is 6.92 Å². The van der Waals surface area contributed by atoms with Crippen LogP contribution in [0.4, 0.5) is 17.2 Å². The summed E-state index contributed by atoms with van der Waals surface area (Å²) in [6, 6.07) is 7.75. The third-order valence-electron chi connectivity index (χ3n) is 2.56. The molecule has 108 valence electrons. The molecule has 0 amide bonds. The van der Waals surface area contributed by atoms with Crippen LogP contribution in [0.25, 0.3) is 0 Å². The Kier molecular flexibility index (Phi) is 4.66. The molecule has 2 rings (SSSR count). The van der Waals surface area contributed by atoms with Crippen LogP contribution >= 0.6 is 23.8 Å². The smallest absolute Gasteiger partial charge is 0.271 e. The lowest BCUT2D eigenvalue weighted by atomic mass is 10.3. The molecule has 21 heavy (non-hydrogen) atoms. The molecule has 0 saturated carbocycles. The SMILES string of the molecule is Cc1ccc(NC(=S)Nc2cc([N+](=O)[O-])ccc2Cl)nc1.